The predicted molar refractivity (Wildman–Crippen MR) is 131 cm³/mol. The molecule has 1 spiro atoms. The first-order chi connectivity index (χ1) is 16.9. The number of rotatable bonds is 7. The quantitative estimate of drug-likeness (QED) is 0.566. The minimum atomic E-state index is -0.736. The van der Waals surface area contributed by atoms with Crippen molar-refractivity contribution in [3.8, 4) is 17.2 Å². The van der Waals surface area contributed by atoms with Crippen molar-refractivity contribution >= 4 is 11.9 Å². The normalized spacial score (nSPS) is 20.1. The van der Waals surface area contributed by atoms with Gasteiger partial charge in [0.1, 0.15) is 11.3 Å². The Morgan fingerprint density at radius 3 is 2.40 bits per heavy atom. The molecule has 3 aliphatic heterocycles. The molecule has 2 saturated heterocycles. The number of hydrogen-bond acceptors (Lipinski definition) is 6. The molecule has 0 N–H and O–H groups in total. The fourth-order valence-electron chi connectivity index (χ4n) is 5.53. The van der Waals surface area contributed by atoms with Crippen LogP contribution in [0.15, 0.2) is 42.5 Å². The summed E-state index contributed by atoms with van der Waals surface area (Å²) in [6, 6.07) is 13.4. The lowest BCUT2D eigenvalue weighted by Crippen LogP contribution is -2.55. The molecular weight excluding hydrogens is 446 g/mol. The summed E-state index contributed by atoms with van der Waals surface area (Å²) in [6.45, 7) is 5.37. The van der Waals surface area contributed by atoms with Crippen LogP contribution in [0.5, 0.6) is 17.2 Å². The Morgan fingerprint density at radius 2 is 1.69 bits per heavy atom. The van der Waals surface area contributed by atoms with Crippen LogP contribution in [-0.2, 0) is 17.8 Å². The molecule has 0 unspecified atom stereocenters. The molecule has 2 fully saturated rings. The molecular formula is C27H33N3O5. The van der Waals surface area contributed by atoms with Crippen LogP contribution in [0.25, 0.3) is 0 Å². The lowest BCUT2D eigenvalue weighted by atomic mass is 9.85. The highest BCUT2D eigenvalue weighted by molar-refractivity contribution is 6.06. The van der Waals surface area contributed by atoms with Crippen molar-refractivity contribution in [2.75, 3.05) is 40.6 Å². The highest BCUT2D eigenvalue weighted by Gasteiger charge is 2.56. The summed E-state index contributed by atoms with van der Waals surface area (Å²) in [4.78, 5) is 32.0. The van der Waals surface area contributed by atoms with E-state index in [-0.39, 0.29) is 25.3 Å². The van der Waals surface area contributed by atoms with E-state index in [0.717, 1.165) is 48.9 Å². The molecule has 3 aliphatic rings. The number of imide groups is 1. The Labute approximate surface area is 206 Å². The smallest absolute Gasteiger partial charge is 0.327 e. The molecule has 0 aromatic heterocycles. The summed E-state index contributed by atoms with van der Waals surface area (Å²) >= 11 is 0. The van der Waals surface area contributed by atoms with Gasteiger partial charge in [0.15, 0.2) is 11.5 Å². The first kappa shape index (κ1) is 23.5. The van der Waals surface area contributed by atoms with Crippen LogP contribution in [0.1, 0.15) is 30.9 Å². The van der Waals surface area contributed by atoms with Gasteiger partial charge in [0.05, 0.1) is 13.7 Å². The van der Waals surface area contributed by atoms with Crippen molar-refractivity contribution in [1.29, 1.82) is 0 Å². The Morgan fingerprint density at radius 1 is 1.00 bits per heavy atom. The Bertz CT molecular complexity index is 1090. The summed E-state index contributed by atoms with van der Waals surface area (Å²) < 4.78 is 16.1. The number of benzene rings is 2. The number of piperidine rings is 1. The zero-order valence-electron chi connectivity index (χ0n) is 20.7. The van der Waals surface area contributed by atoms with Gasteiger partial charge >= 0.3 is 6.03 Å². The highest BCUT2D eigenvalue weighted by atomic mass is 16.7. The number of hydrogen-bond donors (Lipinski definition) is 0. The van der Waals surface area contributed by atoms with Gasteiger partial charge in [-0.3, -0.25) is 9.69 Å². The lowest BCUT2D eigenvalue weighted by Gasteiger charge is -2.41. The van der Waals surface area contributed by atoms with E-state index in [0.29, 0.717) is 18.8 Å². The van der Waals surface area contributed by atoms with Gasteiger partial charge in [0, 0.05) is 26.7 Å². The van der Waals surface area contributed by atoms with E-state index in [1.807, 2.05) is 30.3 Å². The maximum atomic E-state index is 13.5. The average Bonchev–Trinajstić information content (AvgIpc) is 3.40. The molecule has 3 amide bonds. The fourth-order valence-corrected chi connectivity index (χ4v) is 5.53. The molecule has 8 heteroatoms. The number of fused-ring (bicyclic) bond motifs is 1. The third-order valence-electron chi connectivity index (χ3n) is 7.58. The second-order valence-electron chi connectivity index (χ2n) is 9.91. The van der Waals surface area contributed by atoms with E-state index in [2.05, 4.69) is 24.0 Å². The van der Waals surface area contributed by atoms with Crippen LogP contribution in [0, 0.1) is 5.92 Å². The average molecular weight is 480 g/mol. The maximum absolute atomic E-state index is 13.5. The largest absolute Gasteiger partial charge is 0.497 e. The Hall–Kier alpha value is -3.26. The molecule has 0 radical (unpaired) electrons. The Balaban J connectivity index is 1.18. The Kier molecular flexibility index (Phi) is 6.32. The maximum Gasteiger partial charge on any atom is 0.327 e. The van der Waals surface area contributed by atoms with Crippen molar-refractivity contribution in [3.63, 3.8) is 0 Å². The number of ether oxygens (including phenoxy) is 3. The summed E-state index contributed by atoms with van der Waals surface area (Å²) in [5, 5.41) is 0. The van der Waals surface area contributed by atoms with Crippen LogP contribution in [0.2, 0.25) is 0 Å². The number of amides is 3. The third-order valence-corrected chi connectivity index (χ3v) is 7.58. The first-order valence-corrected chi connectivity index (χ1v) is 12.2. The van der Waals surface area contributed by atoms with Gasteiger partial charge in [-0.15, -0.1) is 0 Å². The molecule has 35 heavy (non-hydrogen) atoms. The number of likely N-dealkylation sites (N-methyl/N-ethyl adjacent to an activating group) is 1. The summed E-state index contributed by atoms with van der Waals surface area (Å²) in [5.74, 6) is 2.76. The SMILES string of the molecule is COc1ccc(CN2C(=O)N(C)C3(CCN(C[C@@H](C)Cc4ccc5c(c4)OCO5)CC3)C2=O)cc1. The van der Waals surface area contributed by atoms with E-state index >= 15 is 0 Å². The number of carbonyl (C=O) groups excluding carboxylic acids is 2. The van der Waals surface area contributed by atoms with Gasteiger partial charge in [-0.05, 0) is 60.6 Å². The van der Waals surface area contributed by atoms with Gasteiger partial charge < -0.3 is 24.0 Å². The number of nitrogens with zero attached hydrogens (tertiary/aromatic N) is 3. The number of carbonyl (C=O) groups is 2. The van der Waals surface area contributed by atoms with Crippen LogP contribution in [0.3, 0.4) is 0 Å². The monoisotopic (exact) mass is 479 g/mol. The zero-order chi connectivity index (χ0) is 24.6. The van der Waals surface area contributed by atoms with Crippen LogP contribution in [0.4, 0.5) is 4.79 Å². The molecule has 2 aromatic rings. The van der Waals surface area contributed by atoms with Crippen molar-refractivity contribution in [2.24, 2.45) is 5.92 Å². The standard InChI is InChI=1S/C27H33N3O5/c1-19(14-21-6-9-23-24(15-21)35-18-34-23)16-29-12-10-27(11-13-29)25(31)30(26(32)28(27)2)17-20-4-7-22(33-3)8-5-20/h4-9,15,19H,10-14,16-18H2,1-3H3/t19-/m0/s1. The lowest BCUT2D eigenvalue weighted by molar-refractivity contribution is -0.135. The fraction of sp³-hybridized carbons (Fsp3) is 0.481. The van der Waals surface area contributed by atoms with Crippen molar-refractivity contribution in [1.82, 2.24) is 14.7 Å². The van der Waals surface area contributed by atoms with E-state index in [4.69, 9.17) is 14.2 Å². The molecule has 186 valence electrons. The summed E-state index contributed by atoms with van der Waals surface area (Å²) in [6.07, 6.45) is 2.26. The molecule has 2 aromatic carbocycles. The van der Waals surface area contributed by atoms with Gasteiger partial charge in [-0.2, -0.15) is 0 Å². The minimum absolute atomic E-state index is 0.0751. The van der Waals surface area contributed by atoms with Gasteiger partial charge in [0.25, 0.3) is 5.91 Å². The first-order valence-electron chi connectivity index (χ1n) is 12.2. The summed E-state index contributed by atoms with van der Waals surface area (Å²) in [5.41, 5.74) is 1.41. The predicted octanol–water partition coefficient (Wildman–Crippen LogP) is 3.53. The summed E-state index contributed by atoms with van der Waals surface area (Å²) in [7, 11) is 3.39. The third kappa shape index (κ3) is 4.43. The topological polar surface area (TPSA) is 71.6 Å². The number of methoxy groups -OCH3 is 1. The van der Waals surface area contributed by atoms with Gasteiger partial charge in [-0.25, -0.2) is 4.79 Å². The molecule has 1 atom stereocenters. The van der Waals surface area contributed by atoms with Gasteiger partial charge in [0.2, 0.25) is 6.79 Å². The van der Waals surface area contributed by atoms with Crippen molar-refractivity contribution in [2.45, 2.75) is 38.3 Å². The zero-order valence-corrected chi connectivity index (χ0v) is 20.7. The van der Waals surface area contributed by atoms with Crippen LogP contribution >= 0.6 is 0 Å². The van der Waals surface area contributed by atoms with E-state index < -0.39 is 5.54 Å². The molecule has 0 saturated carbocycles. The second kappa shape index (κ2) is 9.41. The molecule has 0 aliphatic carbocycles. The number of urea groups is 1. The van der Waals surface area contributed by atoms with Gasteiger partial charge in [-0.1, -0.05) is 25.1 Å². The van der Waals surface area contributed by atoms with E-state index in [9.17, 15) is 9.59 Å². The highest BCUT2D eigenvalue weighted by Crippen LogP contribution is 2.37. The van der Waals surface area contributed by atoms with Crippen molar-refractivity contribution < 1.29 is 23.8 Å². The van der Waals surface area contributed by atoms with Crippen LogP contribution < -0.4 is 14.2 Å². The second-order valence-corrected chi connectivity index (χ2v) is 9.91. The molecule has 8 nitrogen and oxygen atoms in total. The van der Waals surface area contributed by atoms with Crippen molar-refractivity contribution in [3.05, 3.63) is 53.6 Å². The molecule has 0 bridgehead atoms. The molecule has 5 rings (SSSR count). The van der Waals surface area contributed by atoms with Crippen LogP contribution in [-0.4, -0.2) is 72.8 Å². The van der Waals surface area contributed by atoms with E-state index in [1.54, 1.807) is 19.1 Å². The number of likely N-dealkylation sites (tertiary alicyclic amines) is 1. The van der Waals surface area contributed by atoms with E-state index in [1.165, 1.54) is 10.5 Å². The molecule has 3 heterocycles. The minimum Gasteiger partial charge on any atom is -0.497 e.